The number of aliphatic carboxylic acids is 1. The lowest BCUT2D eigenvalue weighted by Gasteiger charge is -2.32. The molecule has 1 atom stereocenters. The molecule has 2 aromatic rings. The molecule has 0 saturated carbocycles. The number of rotatable bonds is 7. The average molecular weight is 373 g/mol. The van der Waals surface area contributed by atoms with E-state index in [9.17, 15) is 14.7 Å². The number of carboxylic acids is 1. The smallest absolute Gasteiger partial charge is 0.326 e. The second-order valence-electron chi connectivity index (χ2n) is 6.41. The number of hydrogen-bond donors (Lipinski definition) is 1. The van der Waals surface area contributed by atoms with Crippen LogP contribution in [0.4, 0.5) is 0 Å². The monoisotopic (exact) mass is 373 g/mol. The van der Waals surface area contributed by atoms with Crippen molar-refractivity contribution in [2.45, 2.75) is 45.1 Å². The predicted octanol–water partition coefficient (Wildman–Crippen LogP) is 2.53. The van der Waals surface area contributed by atoms with E-state index in [0.29, 0.717) is 31.3 Å². The van der Waals surface area contributed by atoms with Crippen molar-refractivity contribution in [1.29, 1.82) is 0 Å². The van der Waals surface area contributed by atoms with Crippen molar-refractivity contribution < 1.29 is 24.0 Å². The molecule has 1 aromatic carbocycles. The highest BCUT2D eigenvalue weighted by molar-refractivity contribution is 5.84. The largest absolute Gasteiger partial charge is 0.494 e. The third kappa shape index (κ3) is 4.64. The summed E-state index contributed by atoms with van der Waals surface area (Å²) in [5, 5.41) is 13.2. The SMILES string of the molecule is CCOc1ccc(-c2noc(CCC(=O)N3CCCC[C@@H]3C(=O)O)n2)cc1. The highest BCUT2D eigenvalue weighted by Crippen LogP contribution is 2.21. The molecule has 1 saturated heterocycles. The van der Waals surface area contributed by atoms with Crippen LogP contribution in [-0.4, -0.2) is 51.2 Å². The van der Waals surface area contributed by atoms with E-state index in [2.05, 4.69) is 10.1 Å². The molecule has 1 fully saturated rings. The number of likely N-dealkylation sites (tertiary alicyclic amines) is 1. The summed E-state index contributed by atoms with van der Waals surface area (Å²) in [6.45, 7) is 3.00. The minimum absolute atomic E-state index is 0.148. The molecular formula is C19H23N3O5. The average Bonchev–Trinajstić information content (AvgIpc) is 3.16. The van der Waals surface area contributed by atoms with Crippen LogP contribution in [0.2, 0.25) is 0 Å². The van der Waals surface area contributed by atoms with Gasteiger partial charge >= 0.3 is 5.97 Å². The predicted molar refractivity (Wildman–Crippen MR) is 96.2 cm³/mol. The third-order valence-corrected chi connectivity index (χ3v) is 4.55. The van der Waals surface area contributed by atoms with E-state index in [0.717, 1.165) is 24.2 Å². The van der Waals surface area contributed by atoms with Gasteiger partial charge in [-0.05, 0) is 50.5 Å². The summed E-state index contributed by atoms with van der Waals surface area (Å²) in [5.74, 6) is 0.435. The molecule has 144 valence electrons. The van der Waals surface area contributed by atoms with E-state index in [1.807, 2.05) is 31.2 Å². The molecule has 0 spiro atoms. The van der Waals surface area contributed by atoms with Crippen LogP contribution in [0.3, 0.4) is 0 Å². The molecule has 0 unspecified atom stereocenters. The minimum atomic E-state index is -0.946. The maximum atomic E-state index is 12.4. The van der Waals surface area contributed by atoms with Crippen LogP contribution in [0.15, 0.2) is 28.8 Å². The number of carboxylic acid groups (broad SMARTS) is 1. The first-order valence-corrected chi connectivity index (χ1v) is 9.16. The number of hydrogen-bond acceptors (Lipinski definition) is 6. The van der Waals surface area contributed by atoms with Gasteiger partial charge in [0.25, 0.3) is 0 Å². The lowest BCUT2D eigenvalue weighted by Crippen LogP contribution is -2.48. The lowest BCUT2D eigenvalue weighted by molar-refractivity contribution is -0.152. The molecule has 0 radical (unpaired) electrons. The van der Waals surface area contributed by atoms with Gasteiger partial charge in [0.05, 0.1) is 6.61 Å². The van der Waals surface area contributed by atoms with E-state index < -0.39 is 12.0 Å². The molecule has 0 aliphatic carbocycles. The quantitative estimate of drug-likeness (QED) is 0.795. The Balaban J connectivity index is 1.59. The molecule has 1 N–H and O–H groups in total. The lowest BCUT2D eigenvalue weighted by atomic mass is 10.0. The number of benzene rings is 1. The van der Waals surface area contributed by atoms with Gasteiger partial charge in [0, 0.05) is 24.9 Å². The molecule has 1 aliphatic heterocycles. The van der Waals surface area contributed by atoms with E-state index in [1.54, 1.807) is 0 Å². The third-order valence-electron chi connectivity index (χ3n) is 4.55. The fraction of sp³-hybridized carbons (Fsp3) is 0.474. The zero-order valence-corrected chi connectivity index (χ0v) is 15.3. The molecule has 2 heterocycles. The molecule has 1 aliphatic rings. The van der Waals surface area contributed by atoms with Crippen LogP contribution in [0.1, 0.15) is 38.5 Å². The number of aromatic nitrogens is 2. The molecule has 1 amide bonds. The number of amides is 1. The Kier molecular flexibility index (Phi) is 6.05. The van der Waals surface area contributed by atoms with E-state index >= 15 is 0 Å². The molecule has 1 aromatic heterocycles. The van der Waals surface area contributed by atoms with Crippen molar-refractivity contribution >= 4 is 11.9 Å². The number of carbonyl (C=O) groups excluding carboxylic acids is 1. The van der Waals surface area contributed by atoms with Crippen molar-refractivity contribution in [3.63, 3.8) is 0 Å². The fourth-order valence-corrected chi connectivity index (χ4v) is 3.18. The van der Waals surface area contributed by atoms with Gasteiger partial charge in [-0.2, -0.15) is 4.98 Å². The molecule has 8 heteroatoms. The first-order chi connectivity index (χ1) is 13.1. The van der Waals surface area contributed by atoms with Crippen LogP contribution in [0.25, 0.3) is 11.4 Å². The van der Waals surface area contributed by atoms with Gasteiger partial charge in [-0.3, -0.25) is 4.79 Å². The number of carbonyl (C=O) groups is 2. The van der Waals surface area contributed by atoms with Gasteiger partial charge < -0.3 is 19.3 Å². The topological polar surface area (TPSA) is 106 Å². The summed E-state index contributed by atoms with van der Waals surface area (Å²) in [7, 11) is 0. The van der Waals surface area contributed by atoms with E-state index in [-0.39, 0.29) is 18.7 Å². The maximum Gasteiger partial charge on any atom is 0.326 e. The first kappa shape index (κ1) is 18.9. The van der Waals surface area contributed by atoms with Crippen molar-refractivity contribution in [3.05, 3.63) is 30.2 Å². The molecule has 0 bridgehead atoms. The highest BCUT2D eigenvalue weighted by atomic mass is 16.5. The van der Waals surface area contributed by atoms with Crippen molar-refractivity contribution in [2.75, 3.05) is 13.2 Å². The van der Waals surface area contributed by atoms with Crippen LogP contribution in [0.5, 0.6) is 5.75 Å². The summed E-state index contributed by atoms with van der Waals surface area (Å²) in [6, 6.07) is 6.63. The van der Waals surface area contributed by atoms with Crippen molar-refractivity contribution in [2.24, 2.45) is 0 Å². The summed E-state index contributed by atoms with van der Waals surface area (Å²) < 4.78 is 10.6. The number of ether oxygens (including phenoxy) is 1. The molecule has 3 rings (SSSR count). The Hall–Kier alpha value is -2.90. The standard InChI is InChI=1S/C19H23N3O5/c1-2-26-14-8-6-13(7-9-14)18-20-16(27-21-18)10-11-17(23)22-12-4-3-5-15(22)19(24)25/h6-9,15H,2-5,10-12H2,1H3,(H,24,25)/t15-/m1/s1. The Morgan fingerprint density at radius 2 is 2.07 bits per heavy atom. The summed E-state index contributed by atoms with van der Waals surface area (Å²) in [6.07, 6.45) is 2.59. The van der Waals surface area contributed by atoms with Gasteiger partial charge in [-0.1, -0.05) is 5.16 Å². The van der Waals surface area contributed by atoms with Gasteiger partial charge in [-0.25, -0.2) is 4.79 Å². The van der Waals surface area contributed by atoms with Gasteiger partial charge in [-0.15, -0.1) is 0 Å². The van der Waals surface area contributed by atoms with Gasteiger partial charge in [0.1, 0.15) is 11.8 Å². The normalized spacial score (nSPS) is 16.9. The Labute approximate surface area is 157 Å². The maximum absolute atomic E-state index is 12.4. The first-order valence-electron chi connectivity index (χ1n) is 9.16. The zero-order chi connectivity index (χ0) is 19.2. The molecular weight excluding hydrogens is 350 g/mol. The molecule has 8 nitrogen and oxygen atoms in total. The minimum Gasteiger partial charge on any atom is -0.494 e. The molecule has 27 heavy (non-hydrogen) atoms. The second-order valence-corrected chi connectivity index (χ2v) is 6.41. The summed E-state index contributed by atoms with van der Waals surface area (Å²) >= 11 is 0. The van der Waals surface area contributed by atoms with E-state index in [1.165, 1.54) is 4.90 Å². The van der Waals surface area contributed by atoms with Gasteiger partial charge in [0.2, 0.25) is 17.6 Å². The number of nitrogens with zero attached hydrogens (tertiary/aromatic N) is 3. The Bertz CT molecular complexity index is 787. The number of piperidine rings is 1. The number of aryl methyl sites for hydroxylation is 1. The van der Waals surface area contributed by atoms with Crippen LogP contribution >= 0.6 is 0 Å². The van der Waals surface area contributed by atoms with E-state index in [4.69, 9.17) is 9.26 Å². The van der Waals surface area contributed by atoms with Crippen LogP contribution < -0.4 is 4.74 Å². The Morgan fingerprint density at radius 3 is 2.78 bits per heavy atom. The van der Waals surface area contributed by atoms with Crippen LogP contribution in [-0.2, 0) is 16.0 Å². The zero-order valence-electron chi connectivity index (χ0n) is 15.3. The fourth-order valence-electron chi connectivity index (χ4n) is 3.18. The van der Waals surface area contributed by atoms with Gasteiger partial charge in [0.15, 0.2) is 0 Å². The van der Waals surface area contributed by atoms with Crippen molar-refractivity contribution in [1.82, 2.24) is 15.0 Å². The summed E-state index contributed by atoms with van der Waals surface area (Å²) in [4.78, 5) is 29.5. The Morgan fingerprint density at radius 1 is 1.30 bits per heavy atom. The van der Waals surface area contributed by atoms with Crippen LogP contribution in [0, 0.1) is 0 Å². The second kappa shape index (κ2) is 8.66. The summed E-state index contributed by atoms with van der Waals surface area (Å²) in [5.41, 5.74) is 0.793. The van der Waals surface area contributed by atoms with Crippen molar-refractivity contribution in [3.8, 4) is 17.1 Å². The highest BCUT2D eigenvalue weighted by Gasteiger charge is 2.31.